The van der Waals surface area contributed by atoms with E-state index >= 15 is 0 Å². The fourth-order valence-electron chi connectivity index (χ4n) is 0.200. The summed E-state index contributed by atoms with van der Waals surface area (Å²) in [5.41, 5.74) is 2.32. The van der Waals surface area contributed by atoms with E-state index in [1.165, 1.54) is 0 Å². The molecule has 0 saturated carbocycles. The van der Waals surface area contributed by atoms with Crippen molar-refractivity contribution in [1.29, 1.82) is 0 Å². The molecule has 54 valence electrons. The van der Waals surface area contributed by atoms with Crippen molar-refractivity contribution in [2.75, 3.05) is 9.36 Å². The van der Waals surface area contributed by atoms with E-state index in [0.29, 0.717) is 0 Å². The van der Waals surface area contributed by atoms with Crippen molar-refractivity contribution >= 4 is 32.7 Å². The van der Waals surface area contributed by atoms with E-state index in [0.717, 1.165) is 4.43 Å². The van der Waals surface area contributed by atoms with Gasteiger partial charge in [0.15, 0.2) is 0 Å². The van der Waals surface area contributed by atoms with Gasteiger partial charge in [-0.05, 0) is 0 Å². The van der Waals surface area contributed by atoms with Gasteiger partial charge in [-0.25, -0.2) is 0 Å². The molecule has 0 bridgehead atoms. The fourth-order valence-corrected chi connectivity index (χ4v) is 0.930. The van der Waals surface area contributed by atoms with E-state index in [1.54, 1.807) is 28.8 Å². The molecular weight excluding hydrogens is 346 g/mol. The average Bonchev–Trinajstić information content (AvgIpc) is 1.80. The summed E-state index contributed by atoms with van der Waals surface area (Å²) >= 11 is 1.91. The monoisotopic (exact) mass is 353 g/mol. The number of halogens is 2. The number of hydrazone groups is 1. The van der Waals surface area contributed by atoms with Gasteiger partial charge in [-0.15, -0.1) is 0 Å². The second-order valence-corrected chi connectivity index (χ2v) is 4.50. The Balaban J connectivity index is 3.14. The van der Waals surface area contributed by atoms with Crippen LogP contribution in [0.4, 0.5) is 4.79 Å². The van der Waals surface area contributed by atoms with Crippen molar-refractivity contribution < 1.29 is 26.0 Å². The summed E-state index contributed by atoms with van der Waals surface area (Å²) in [4.78, 5) is 12.3. The van der Waals surface area contributed by atoms with Gasteiger partial charge in [-0.3, -0.25) is 0 Å². The zero-order valence-corrected chi connectivity index (χ0v) is 9.21. The molecule has 5 heteroatoms. The molecule has 0 aliphatic rings. The van der Waals surface area contributed by atoms with Crippen LogP contribution in [0.15, 0.2) is 5.10 Å². The molecule has 1 amide bonds. The van der Waals surface area contributed by atoms with Crippen LogP contribution in [0, 0.1) is 0 Å². The number of rotatable bonds is 3. The van der Waals surface area contributed by atoms with Crippen LogP contribution in [0.1, 0.15) is 0 Å². The Hall–Kier alpha value is 0.600. The Labute approximate surface area is 78.1 Å². The summed E-state index contributed by atoms with van der Waals surface area (Å²) in [6.07, 6.45) is 1.74. The molecule has 3 nitrogen and oxygen atoms in total. The van der Waals surface area contributed by atoms with Crippen LogP contribution in [-0.4, -0.2) is 19.5 Å². The molecule has 0 aromatic heterocycles. The van der Waals surface area contributed by atoms with Gasteiger partial charge in [0, 0.05) is 0 Å². The van der Waals surface area contributed by atoms with Crippen molar-refractivity contribution in [3.63, 3.8) is 0 Å². The first kappa shape index (κ1) is 9.60. The first-order valence-electron chi connectivity index (χ1n) is 2.18. The van der Waals surface area contributed by atoms with Crippen molar-refractivity contribution in [2.45, 2.75) is 0 Å². The Bertz CT molecular complexity index is 115. The van der Waals surface area contributed by atoms with E-state index in [4.69, 9.17) is 0 Å². The Morgan fingerprint density at radius 1 is 2.00 bits per heavy atom. The van der Waals surface area contributed by atoms with E-state index in [1.807, 2.05) is 0 Å². The first-order chi connectivity index (χ1) is 4.27. The quantitative estimate of drug-likeness (QED) is 0.154. The van der Waals surface area contributed by atoms with Gasteiger partial charge in [0.1, 0.15) is 0 Å². The molecule has 9 heavy (non-hydrogen) atoms. The van der Waals surface area contributed by atoms with Crippen molar-refractivity contribution in [3.05, 3.63) is 0 Å². The molecule has 0 heterocycles. The SMILES string of the molecule is C[I-]C/C=N/NC(=O)I. The van der Waals surface area contributed by atoms with Gasteiger partial charge >= 0.3 is 78.6 Å². The van der Waals surface area contributed by atoms with E-state index < -0.39 is 0 Å². The summed E-state index contributed by atoms with van der Waals surface area (Å²) in [6.45, 7) is 0. The molecule has 0 rings (SSSR count). The van der Waals surface area contributed by atoms with Crippen LogP contribution in [0.3, 0.4) is 0 Å². The first-order valence-corrected chi connectivity index (χ1v) is 6.94. The molecule has 0 aromatic carbocycles. The predicted molar refractivity (Wildman–Crippen MR) is 41.8 cm³/mol. The standard InChI is InChI=1S/C4H7I2N2O/c1-6-2-3-7-8-4(5)9/h3H,2H2,1H3,(H,8,9)/q-1/b7-3+. The second kappa shape index (κ2) is 6.72. The van der Waals surface area contributed by atoms with Crippen LogP contribution in [0.5, 0.6) is 0 Å². The summed E-state index contributed by atoms with van der Waals surface area (Å²) in [5, 5.41) is 3.66. The van der Waals surface area contributed by atoms with Crippen molar-refractivity contribution in [1.82, 2.24) is 5.43 Å². The third kappa shape index (κ3) is 8.60. The third-order valence-corrected chi connectivity index (χ3v) is 1.98. The molecule has 0 spiro atoms. The number of amides is 1. The van der Waals surface area contributed by atoms with Gasteiger partial charge in [0.2, 0.25) is 0 Å². The maximum absolute atomic E-state index is 10.2. The summed E-state index contributed by atoms with van der Waals surface area (Å²) < 4.78 is 0.883. The van der Waals surface area contributed by atoms with Crippen molar-refractivity contribution in [2.24, 2.45) is 5.10 Å². The van der Waals surface area contributed by atoms with Gasteiger partial charge in [-0.2, -0.15) is 0 Å². The van der Waals surface area contributed by atoms with Gasteiger partial charge in [0.25, 0.3) is 0 Å². The predicted octanol–water partition coefficient (Wildman–Crippen LogP) is -2.16. The topological polar surface area (TPSA) is 41.5 Å². The fraction of sp³-hybridized carbons (Fsp3) is 0.500. The molecule has 0 aliphatic heterocycles. The summed E-state index contributed by atoms with van der Waals surface area (Å²) in [7, 11) is 0. The number of nitrogens with zero attached hydrogens (tertiary/aromatic N) is 1. The van der Waals surface area contributed by atoms with Crippen LogP contribution in [-0.2, 0) is 0 Å². The van der Waals surface area contributed by atoms with Gasteiger partial charge < -0.3 is 0 Å². The number of hydrogen-bond acceptors (Lipinski definition) is 2. The van der Waals surface area contributed by atoms with Gasteiger partial charge in [-0.1, -0.05) is 0 Å². The average molecular weight is 353 g/mol. The van der Waals surface area contributed by atoms with E-state index in [2.05, 4.69) is 15.5 Å². The minimum atomic E-state index is -0.141. The third-order valence-electron chi connectivity index (χ3n) is 0.467. The number of carbonyl (C=O) groups is 1. The second-order valence-electron chi connectivity index (χ2n) is 1.12. The van der Waals surface area contributed by atoms with E-state index in [9.17, 15) is 4.79 Å². The molecule has 1 N–H and O–H groups in total. The molecule has 0 fully saturated rings. The van der Waals surface area contributed by atoms with Gasteiger partial charge in [0.05, 0.1) is 0 Å². The number of alkyl halides is 2. The molecular formula is C4H7I2N2O-. The summed E-state index contributed by atoms with van der Waals surface area (Å²) in [5.74, 6) is 0. The number of hydrogen-bond donors (Lipinski definition) is 1. The normalized spacial score (nSPS) is 10.4. The molecule has 0 radical (unpaired) electrons. The molecule has 0 aliphatic carbocycles. The zero-order valence-electron chi connectivity index (χ0n) is 4.90. The van der Waals surface area contributed by atoms with Crippen LogP contribution in [0.2, 0.25) is 0 Å². The maximum atomic E-state index is 10.2. The Morgan fingerprint density at radius 3 is 3.11 bits per heavy atom. The van der Waals surface area contributed by atoms with E-state index in [-0.39, 0.29) is 25.1 Å². The van der Waals surface area contributed by atoms with Crippen LogP contribution in [0.25, 0.3) is 0 Å². The molecule has 0 unspecified atom stereocenters. The minimum absolute atomic E-state index is 0.141. The van der Waals surface area contributed by atoms with Crippen LogP contribution < -0.4 is 26.6 Å². The zero-order chi connectivity index (χ0) is 7.11. The molecule has 0 aromatic rings. The summed E-state index contributed by atoms with van der Waals surface area (Å²) in [6, 6.07) is 0. The molecule has 0 atom stereocenters. The van der Waals surface area contributed by atoms with Crippen molar-refractivity contribution in [3.8, 4) is 0 Å². The molecule has 0 saturated heterocycles. The number of carbonyl (C=O) groups excluding carboxylic acids is 1. The van der Waals surface area contributed by atoms with Crippen LogP contribution >= 0.6 is 22.6 Å². The number of nitrogens with one attached hydrogen (secondary N) is 1. The Morgan fingerprint density at radius 2 is 2.67 bits per heavy atom. The Kier molecular flexibility index (Phi) is 7.16.